The molecule has 0 radical (unpaired) electrons. The van der Waals surface area contributed by atoms with Crippen molar-refractivity contribution in [3.8, 4) is 0 Å². The number of piperidine rings is 1. The third-order valence-corrected chi connectivity index (χ3v) is 6.05. The lowest BCUT2D eigenvalue weighted by Gasteiger charge is -2.31. The van der Waals surface area contributed by atoms with Crippen LogP contribution in [0.5, 0.6) is 0 Å². The van der Waals surface area contributed by atoms with Crippen molar-refractivity contribution in [2.24, 2.45) is 10.9 Å². The van der Waals surface area contributed by atoms with E-state index >= 15 is 0 Å². The van der Waals surface area contributed by atoms with E-state index in [9.17, 15) is 4.79 Å². The number of likely N-dealkylation sites (tertiary alicyclic amines) is 1. The Morgan fingerprint density at radius 1 is 1.20 bits per heavy atom. The van der Waals surface area contributed by atoms with Crippen LogP contribution in [0.15, 0.2) is 4.99 Å². The van der Waals surface area contributed by atoms with Gasteiger partial charge in [-0.2, -0.15) is 0 Å². The Kier molecular flexibility index (Phi) is 6.96. The summed E-state index contributed by atoms with van der Waals surface area (Å²) in [7, 11) is 1.82. The maximum absolute atomic E-state index is 11.3. The predicted molar refractivity (Wildman–Crippen MR) is 102 cm³/mol. The largest absolute Gasteiger partial charge is 0.355 e. The lowest BCUT2D eigenvalue weighted by atomic mass is 9.89. The van der Waals surface area contributed by atoms with Crippen LogP contribution in [0.25, 0.3) is 0 Å². The van der Waals surface area contributed by atoms with Gasteiger partial charge in [0.25, 0.3) is 0 Å². The van der Waals surface area contributed by atoms with E-state index in [2.05, 4.69) is 25.8 Å². The fourth-order valence-electron chi connectivity index (χ4n) is 4.53. The molecule has 3 rings (SSSR count). The standard InChI is InChI=1S/C19H35N5O/c1-20-19(23-16-9-10-18(25)21-12-16)22-13-17-8-5-11-24(17)14-15-6-3-2-4-7-15/h15-17H,2-14H2,1H3,(H,21,25)(H2,20,22,23). The SMILES string of the molecule is CN=C(NCC1CCCN1CC1CCCCC1)NC1CCC(=O)NC1. The summed E-state index contributed by atoms with van der Waals surface area (Å²) in [5.74, 6) is 1.94. The van der Waals surface area contributed by atoms with Gasteiger partial charge < -0.3 is 16.0 Å². The molecule has 3 fully saturated rings. The zero-order valence-electron chi connectivity index (χ0n) is 15.7. The van der Waals surface area contributed by atoms with Crippen molar-refractivity contribution in [1.82, 2.24) is 20.9 Å². The Labute approximate surface area is 152 Å². The van der Waals surface area contributed by atoms with Crippen LogP contribution in [0.2, 0.25) is 0 Å². The maximum atomic E-state index is 11.3. The molecule has 0 spiro atoms. The molecule has 1 amide bonds. The molecule has 0 aromatic rings. The molecule has 0 aromatic carbocycles. The zero-order chi connectivity index (χ0) is 17.5. The molecule has 0 aromatic heterocycles. The van der Waals surface area contributed by atoms with Gasteiger partial charge in [-0.15, -0.1) is 0 Å². The van der Waals surface area contributed by atoms with E-state index in [-0.39, 0.29) is 11.9 Å². The first-order valence-corrected chi connectivity index (χ1v) is 10.2. The average molecular weight is 350 g/mol. The number of carbonyl (C=O) groups is 1. The quantitative estimate of drug-likeness (QED) is 0.519. The van der Waals surface area contributed by atoms with E-state index in [0.717, 1.165) is 24.8 Å². The molecule has 3 aliphatic rings. The molecule has 2 saturated heterocycles. The smallest absolute Gasteiger partial charge is 0.220 e. The fraction of sp³-hybridized carbons (Fsp3) is 0.895. The van der Waals surface area contributed by atoms with Crippen LogP contribution in [0.3, 0.4) is 0 Å². The monoisotopic (exact) mass is 349 g/mol. The van der Waals surface area contributed by atoms with E-state index in [4.69, 9.17) is 0 Å². The fourth-order valence-corrected chi connectivity index (χ4v) is 4.53. The molecule has 2 aliphatic heterocycles. The zero-order valence-corrected chi connectivity index (χ0v) is 15.7. The van der Waals surface area contributed by atoms with Crippen LogP contribution in [0.1, 0.15) is 57.8 Å². The van der Waals surface area contributed by atoms with Crippen molar-refractivity contribution in [1.29, 1.82) is 0 Å². The summed E-state index contributed by atoms with van der Waals surface area (Å²) in [4.78, 5) is 18.3. The second kappa shape index (κ2) is 9.41. The Morgan fingerprint density at radius 2 is 2.04 bits per heavy atom. The molecule has 2 unspecified atom stereocenters. The predicted octanol–water partition coefficient (Wildman–Crippen LogP) is 1.47. The van der Waals surface area contributed by atoms with E-state index in [1.807, 2.05) is 7.05 Å². The van der Waals surface area contributed by atoms with Gasteiger partial charge in [0.2, 0.25) is 5.91 Å². The molecule has 0 bridgehead atoms. The van der Waals surface area contributed by atoms with Gasteiger partial charge in [0.15, 0.2) is 5.96 Å². The Morgan fingerprint density at radius 3 is 2.76 bits per heavy atom. The molecule has 1 saturated carbocycles. The van der Waals surface area contributed by atoms with E-state index in [1.165, 1.54) is 58.0 Å². The lowest BCUT2D eigenvalue weighted by molar-refractivity contribution is -0.122. The van der Waals surface area contributed by atoms with Gasteiger partial charge >= 0.3 is 0 Å². The number of aliphatic imine (C=N–C) groups is 1. The molecule has 6 heteroatoms. The van der Waals surface area contributed by atoms with Crippen LogP contribution in [-0.4, -0.2) is 62.1 Å². The van der Waals surface area contributed by atoms with Gasteiger partial charge in [0, 0.05) is 45.2 Å². The first kappa shape index (κ1) is 18.5. The number of carbonyl (C=O) groups excluding carboxylic acids is 1. The molecule has 2 atom stereocenters. The number of rotatable bonds is 5. The highest BCUT2D eigenvalue weighted by molar-refractivity contribution is 5.81. The summed E-state index contributed by atoms with van der Waals surface area (Å²) in [5, 5.41) is 9.89. The van der Waals surface area contributed by atoms with Crippen molar-refractivity contribution in [3.05, 3.63) is 0 Å². The second-order valence-corrected chi connectivity index (χ2v) is 7.93. The van der Waals surface area contributed by atoms with Gasteiger partial charge in [-0.3, -0.25) is 14.7 Å². The molecule has 1 aliphatic carbocycles. The molecule has 3 N–H and O–H groups in total. The Hall–Kier alpha value is -1.30. The minimum absolute atomic E-state index is 0.158. The third-order valence-electron chi connectivity index (χ3n) is 6.05. The van der Waals surface area contributed by atoms with Gasteiger partial charge in [-0.25, -0.2) is 0 Å². The van der Waals surface area contributed by atoms with E-state index < -0.39 is 0 Å². The summed E-state index contributed by atoms with van der Waals surface area (Å²) in [6.07, 6.45) is 11.2. The molecule has 6 nitrogen and oxygen atoms in total. The number of nitrogens with one attached hydrogen (secondary N) is 3. The summed E-state index contributed by atoms with van der Waals surface area (Å²) in [6, 6.07) is 0.914. The first-order valence-electron chi connectivity index (χ1n) is 10.2. The highest BCUT2D eigenvalue weighted by Crippen LogP contribution is 2.27. The van der Waals surface area contributed by atoms with Crippen LogP contribution in [0, 0.1) is 5.92 Å². The van der Waals surface area contributed by atoms with E-state index in [1.54, 1.807) is 0 Å². The number of amides is 1. The lowest BCUT2D eigenvalue weighted by Crippen LogP contribution is -2.53. The molecule has 142 valence electrons. The minimum Gasteiger partial charge on any atom is -0.355 e. The van der Waals surface area contributed by atoms with E-state index in [0.29, 0.717) is 19.0 Å². The van der Waals surface area contributed by atoms with Gasteiger partial charge in [0.05, 0.1) is 0 Å². The maximum Gasteiger partial charge on any atom is 0.220 e. The summed E-state index contributed by atoms with van der Waals surface area (Å²) < 4.78 is 0. The van der Waals surface area contributed by atoms with Crippen molar-refractivity contribution >= 4 is 11.9 Å². The van der Waals surface area contributed by atoms with Gasteiger partial charge in [0.1, 0.15) is 0 Å². The Balaban J connectivity index is 1.41. The molecule has 2 heterocycles. The number of nitrogens with zero attached hydrogens (tertiary/aromatic N) is 2. The summed E-state index contributed by atoms with van der Waals surface area (Å²) in [6.45, 7) is 4.19. The number of hydrogen-bond acceptors (Lipinski definition) is 3. The van der Waals surface area contributed by atoms with Crippen LogP contribution < -0.4 is 16.0 Å². The number of guanidine groups is 1. The molecular formula is C19H35N5O. The highest BCUT2D eigenvalue weighted by atomic mass is 16.1. The van der Waals surface area contributed by atoms with Crippen molar-refractivity contribution in [2.75, 3.05) is 33.2 Å². The van der Waals surface area contributed by atoms with Gasteiger partial charge in [-0.1, -0.05) is 19.3 Å². The van der Waals surface area contributed by atoms with Crippen molar-refractivity contribution < 1.29 is 4.79 Å². The number of hydrogen-bond donors (Lipinski definition) is 3. The second-order valence-electron chi connectivity index (χ2n) is 7.93. The Bertz CT molecular complexity index is 451. The average Bonchev–Trinajstić information content (AvgIpc) is 3.08. The molecule has 25 heavy (non-hydrogen) atoms. The van der Waals surface area contributed by atoms with Crippen LogP contribution >= 0.6 is 0 Å². The van der Waals surface area contributed by atoms with Crippen LogP contribution in [-0.2, 0) is 4.79 Å². The normalized spacial score (nSPS) is 29.5. The van der Waals surface area contributed by atoms with Crippen LogP contribution in [0.4, 0.5) is 0 Å². The minimum atomic E-state index is 0.158. The van der Waals surface area contributed by atoms with Crippen molar-refractivity contribution in [3.63, 3.8) is 0 Å². The molecular weight excluding hydrogens is 314 g/mol. The van der Waals surface area contributed by atoms with Crippen molar-refractivity contribution in [2.45, 2.75) is 69.9 Å². The first-order chi connectivity index (χ1) is 12.2. The third kappa shape index (κ3) is 5.59. The summed E-state index contributed by atoms with van der Waals surface area (Å²) in [5.41, 5.74) is 0. The summed E-state index contributed by atoms with van der Waals surface area (Å²) >= 11 is 0. The topological polar surface area (TPSA) is 68.8 Å². The highest BCUT2D eigenvalue weighted by Gasteiger charge is 2.27. The van der Waals surface area contributed by atoms with Gasteiger partial charge in [-0.05, 0) is 44.6 Å².